The summed E-state index contributed by atoms with van der Waals surface area (Å²) in [4.78, 5) is 11.6. The normalized spacial score (nSPS) is 15.7. The number of fused-ring (bicyclic) bond motifs is 1. The van der Waals surface area contributed by atoms with Crippen LogP contribution in [0.3, 0.4) is 0 Å². The van der Waals surface area contributed by atoms with Gasteiger partial charge < -0.3 is 9.47 Å². The van der Waals surface area contributed by atoms with Crippen LogP contribution >= 0.6 is 0 Å². The number of hydrogen-bond donors (Lipinski definition) is 1. The van der Waals surface area contributed by atoms with Gasteiger partial charge in [-0.2, -0.15) is 10.4 Å². The average Bonchev–Trinajstić information content (AvgIpc) is 2.93. The second-order valence-corrected chi connectivity index (χ2v) is 5.95. The maximum absolute atomic E-state index is 11.6. The van der Waals surface area contributed by atoms with E-state index in [2.05, 4.69) is 10.2 Å². The van der Waals surface area contributed by atoms with Crippen molar-refractivity contribution in [2.75, 3.05) is 6.61 Å². The van der Waals surface area contributed by atoms with Crippen molar-refractivity contribution in [3.8, 4) is 17.6 Å². The van der Waals surface area contributed by atoms with Crippen LogP contribution < -0.4 is 15.0 Å². The maximum Gasteiger partial charge on any atom is 0.282 e. The smallest absolute Gasteiger partial charge is 0.282 e. The standard InChI is InChI=1S/C19H19N3O3/c1-4-24-17-9-14-7-11(2)25-18(14)8-13(17)5-6-16-12(3)15(10-20)19(23)22-21-16/h5-6,8-9,11H,4,7H2,1-3H3,(H,22,23)/b6-5+/t11-/m1/s1. The van der Waals surface area contributed by atoms with E-state index in [0.29, 0.717) is 17.9 Å². The molecule has 0 radical (unpaired) electrons. The molecule has 1 atom stereocenters. The largest absolute Gasteiger partial charge is 0.493 e. The number of ether oxygens (including phenoxy) is 2. The fourth-order valence-electron chi connectivity index (χ4n) is 2.88. The summed E-state index contributed by atoms with van der Waals surface area (Å²) in [6.07, 6.45) is 4.64. The Labute approximate surface area is 145 Å². The molecule has 1 aromatic heterocycles. The summed E-state index contributed by atoms with van der Waals surface area (Å²) in [6, 6.07) is 5.87. The molecule has 2 heterocycles. The number of nitriles is 1. The Hall–Kier alpha value is -3.07. The van der Waals surface area contributed by atoms with Gasteiger partial charge in [0, 0.05) is 17.5 Å². The minimum atomic E-state index is -0.480. The van der Waals surface area contributed by atoms with Crippen molar-refractivity contribution in [1.29, 1.82) is 5.26 Å². The Balaban J connectivity index is 2.01. The third-order valence-electron chi connectivity index (χ3n) is 4.13. The van der Waals surface area contributed by atoms with E-state index in [9.17, 15) is 4.79 Å². The molecule has 3 rings (SSSR count). The van der Waals surface area contributed by atoms with Crippen molar-refractivity contribution in [3.05, 3.63) is 50.4 Å². The van der Waals surface area contributed by atoms with Crippen LogP contribution in [-0.2, 0) is 6.42 Å². The summed E-state index contributed by atoms with van der Waals surface area (Å²) in [6.45, 7) is 6.24. The fraction of sp³-hybridized carbons (Fsp3) is 0.316. The molecule has 0 unspecified atom stereocenters. The van der Waals surface area contributed by atoms with Crippen molar-refractivity contribution < 1.29 is 9.47 Å². The van der Waals surface area contributed by atoms with Crippen LogP contribution in [-0.4, -0.2) is 22.9 Å². The number of H-pyrrole nitrogens is 1. The number of benzene rings is 1. The summed E-state index contributed by atoms with van der Waals surface area (Å²) in [5, 5.41) is 15.5. The Kier molecular flexibility index (Phi) is 4.57. The number of hydrogen-bond acceptors (Lipinski definition) is 5. The lowest BCUT2D eigenvalue weighted by atomic mass is 10.0. The summed E-state index contributed by atoms with van der Waals surface area (Å²) < 4.78 is 11.6. The minimum Gasteiger partial charge on any atom is -0.493 e. The zero-order valence-corrected chi connectivity index (χ0v) is 14.4. The van der Waals surface area contributed by atoms with Gasteiger partial charge in [-0.3, -0.25) is 4.79 Å². The molecule has 0 bridgehead atoms. The number of nitrogens with one attached hydrogen (secondary N) is 1. The zero-order chi connectivity index (χ0) is 18.0. The molecule has 0 saturated carbocycles. The van der Waals surface area contributed by atoms with E-state index in [0.717, 1.165) is 29.0 Å². The van der Waals surface area contributed by atoms with E-state index in [1.165, 1.54) is 0 Å². The first-order valence-corrected chi connectivity index (χ1v) is 8.17. The minimum absolute atomic E-state index is 0.0748. The predicted octanol–water partition coefficient (Wildman–Crippen LogP) is 2.84. The topological polar surface area (TPSA) is 88.0 Å². The van der Waals surface area contributed by atoms with Gasteiger partial charge in [0.25, 0.3) is 5.56 Å². The molecule has 1 aromatic carbocycles. The Morgan fingerprint density at radius 3 is 3.00 bits per heavy atom. The Morgan fingerprint density at radius 2 is 2.28 bits per heavy atom. The molecule has 6 heteroatoms. The number of nitrogens with zero attached hydrogens (tertiary/aromatic N) is 2. The second-order valence-electron chi connectivity index (χ2n) is 5.95. The van der Waals surface area contributed by atoms with Gasteiger partial charge in [-0.1, -0.05) is 0 Å². The van der Waals surface area contributed by atoms with Crippen LogP contribution in [0.4, 0.5) is 0 Å². The Morgan fingerprint density at radius 1 is 1.48 bits per heavy atom. The average molecular weight is 337 g/mol. The molecule has 0 fully saturated rings. The molecule has 0 spiro atoms. The van der Waals surface area contributed by atoms with Crippen LogP contribution in [0.25, 0.3) is 12.2 Å². The molecule has 0 saturated heterocycles. The zero-order valence-electron chi connectivity index (χ0n) is 14.4. The SMILES string of the molecule is CCOc1cc2c(cc1/C=C/c1n[nH]c(=O)c(C#N)c1C)O[C@H](C)C2. The number of aromatic nitrogens is 2. The maximum atomic E-state index is 11.6. The highest BCUT2D eigenvalue weighted by molar-refractivity contribution is 5.74. The summed E-state index contributed by atoms with van der Waals surface area (Å²) in [5.41, 5.74) is 2.68. The molecule has 0 amide bonds. The third kappa shape index (κ3) is 3.26. The van der Waals surface area contributed by atoms with E-state index in [4.69, 9.17) is 14.7 Å². The molecule has 2 aromatic rings. The van der Waals surface area contributed by atoms with Gasteiger partial charge in [-0.15, -0.1) is 0 Å². The van der Waals surface area contributed by atoms with E-state index >= 15 is 0 Å². The highest BCUT2D eigenvalue weighted by Crippen LogP contribution is 2.36. The summed E-state index contributed by atoms with van der Waals surface area (Å²) in [7, 11) is 0. The molecule has 1 aliphatic rings. The quantitative estimate of drug-likeness (QED) is 0.927. The first kappa shape index (κ1) is 16.8. The van der Waals surface area contributed by atoms with Crippen LogP contribution in [0.15, 0.2) is 16.9 Å². The molecular formula is C19H19N3O3. The lowest BCUT2D eigenvalue weighted by Crippen LogP contribution is -2.15. The van der Waals surface area contributed by atoms with Crippen molar-refractivity contribution >= 4 is 12.2 Å². The molecular weight excluding hydrogens is 318 g/mol. The van der Waals surface area contributed by atoms with E-state index in [1.807, 2.05) is 38.1 Å². The number of aromatic amines is 1. The third-order valence-corrected chi connectivity index (χ3v) is 4.13. The van der Waals surface area contributed by atoms with Gasteiger partial charge in [0.1, 0.15) is 29.2 Å². The van der Waals surface area contributed by atoms with Gasteiger partial charge in [0.2, 0.25) is 0 Å². The molecule has 1 N–H and O–H groups in total. The summed E-state index contributed by atoms with van der Waals surface area (Å²) in [5.74, 6) is 1.64. The number of rotatable bonds is 4. The predicted molar refractivity (Wildman–Crippen MR) is 94.6 cm³/mol. The van der Waals surface area contributed by atoms with Crippen molar-refractivity contribution in [1.82, 2.24) is 10.2 Å². The lowest BCUT2D eigenvalue weighted by Gasteiger charge is -2.10. The van der Waals surface area contributed by atoms with Gasteiger partial charge in [-0.05, 0) is 50.6 Å². The van der Waals surface area contributed by atoms with Gasteiger partial charge in [-0.25, -0.2) is 5.10 Å². The Bertz CT molecular complexity index is 938. The highest BCUT2D eigenvalue weighted by atomic mass is 16.5. The van der Waals surface area contributed by atoms with Gasteiger partial charge in [0.15, 0.2) is 0 Å². The molecule has 0 aliphatic carbocycles. The first-order chi connectivity index (χ1) is 12.0. The second kappa shape index (κ2) is 6.81. The molecule has 1 aliphatic heterocycles. The first-order valence-electron chi connectivity index (χ1n) is 8.17. The van der Waals surface area contributed by atoms with Crippen LogP contribution in [0, 0.1) is 18.3 Å². The van der Waals surface area contributed by atoms with Crippen LogP contribution in [0.5, 0.6) is 11.5 Å². The molecule has 6 nitrogen and oxygen atoms in total. The van der Waals surface area contributed by atoms with E-state index < -0.39 is 5.56 Å². The van der Waals surface area contributed by atoms with E-state index in [-0.39, 0.29) is 11.7 Å². The molecule has 128 valence electrons. The van der Waals surface area contributed by atoms with E-state index in [1.54, 1.807) is 13.0 Å². The van der Waals surface area contributed by atoms with Crippen molar-refractivity contribution in [2.24, 2.45) is 0 Å². The molecule has 25 heavy (non-hydrogen) atoms. The monoisotopic (exact) mass is 337 g/mol. The highest BCUT2D eigenvalue weighted by Gasteiger charge is 2.21. The summed E-state index contributed by atoms with van der Waals surface area (Å²) >= 11 is 0. The van der Waals surface area contributed by atoms with Crippen molar-refractivity contribution in [3.63, 3.8) is 0 Å². The van der Waals surface area contributed by atoms with Crippen molar-refractivity contribution in [2.45, 2.75) is 33.3 Å². The van der Waals surface area contributed by atoms with Crippen LogP contribution in [0.2, 0.25) is 0 Å². The van der Waals surface area contributed by atoms with Crippen LogP contribution in [0.1, 0.15) is 41.8 Å². The van der Waals surface area contributed by atoms with Gasteiger partial charge in [0.05, 0.1) is 12.3 Å². The fourth-order valence-corrected chi connectivity index (χ4v) is 2.88. The van der Waals surface area contributed by atoms with Gasteiger partial charge >= 0.3 is 0 Å². The lowest BCUT2D eigenvalue weighted by molar-refractivity contribution is 0.254.